The van der Waals surface area contributed by atoms with Crippen LogP contribution in [0.15, 0.2) is 24.4 Å². The maximum absolute atomic E-state index is 11.5. The molecular weight excluding hydrogens is 376 g/mol. The Kier molecular flexibility index (Phi) is 4.75. The molecule has 9 heteroatoms. The summed E-state index contributed by atoms with van der Waals surface area (Å²) >= 11 is 0. The largest absolute Gasteiger partial charge is 0.382 e. The molecule has 8 nitrogen and oxygen atoms in total. The fraction of sp³-hybridized carbons (Fsp3) is 0.316. The van der Waals surface area contributed by atoms with Crippen molar-refractivity contribution in [3.05, 3.63) is 35.7 Å². The summed E-state index contributed by atoms with van der Waals surface area (Å²) in [6.45, 7) is 3.52. The second-order valence-corrected chi connectivity index (χ2v) is 9.13. The zero-order chi connectivity index (χ0) is 19.7. The van der Waals surface area contributed by atoms with E-state index in [4.69, 9.17) is 5.73 Å². The Morgan fingerprint density at radius 1 is 1.29 bits per heavy atom. The number of nitrogens with two attached hydrogens (primary N) is 1. The summed E-state index contributed by atoms with van der Waals surface area (Å²) in [5.74, 6) is 7.22. The number of aryl methyl sites for hydroxylation is 1. The van der Waals surface area contributed by atoms with Crippen LogP contribution in [0.1, 0.15) is 15.5 Å². The van der Waals surface area contributed by atoms with Gasteiger partial charge in [0.15, 0.2) is 21.5 Å². The van der Waals surface area contributed by atoms with Crippen LogP contribution in [0.5, 0.6) is 0 Å². The Labute approximate surface area is 167 Å². The molecule has 1 aliphatic rings. The molecule has 150 valence electrons. The highest BCUT2D eigenvalue weighted by Crippen LogP contribution is 2.23. The van der Waals surface area contributed by atoms with Crippen molar-refractivity contribution in [1.82, 2.24) is 24.8 Å². The third-order valence-electron chi connectivity index (χ3n) is 4.62. The number of benzene rings is 1. The van der Waals surface area contributed by atoms with E-state index in [9.17, 15) is 8.42 Å². The van der Waals surface area contributed by atoms with E-state index in [1.807, 2.05) is 30.0 Å². The van der Waals surface area contributed by atoms with Crippen molar-refractivity contribution < 1.29 is 12.7 Å². The Balaban J connectivity index is 0.00000160. The third-order valence-corrected chi connectivity index (χ3v) is 6.23. The van der Waals surface area contributed by atoms with E-state index in [-0.39, 0.29) is 21.6 Å². The Bertz CT molecular complexity index is 1210. The van der Waals surface area contributed by atoms with Gasteiger partial charge in [-0.1, -0.05) is 12.0 Å². The van der Waals surface area contributed by atoms with Gasteiger partial charge in [0.2, 0.25) is 0 Å². The summed E-state index contributed by atoms with van der Waals surface area (Å²) in [5, 5.41) is 0. The van der Waals surface area contributed by atoms with E-state index in [1.54, 1.807) is 0 Å². The highest BCUT2D eigenvalue weighted by molar-refractivity contribution is 7.91. The van der Waals surface area contributed by atoms with Crippen LogP contribution < -0.4 is 5.73 Å². The van der Waals surface area contributed by atoms with Gasteiger partial charge in [0.25, 0.3) is 0 Å². The molecule has 0 aliphatic carbocycles. The SMILES string of the molecule is Cc1ccc2nc(-c3nc(C#CCN4CCS(=O)(=O)CC4)cnc3N)[nH]c2c1.[HH].[HH].[HH]. The number of nitrogens with one attached hydrogen (secondary N) is 1. The average Bonchev–Trinajstić information content (AvgIpc) is 3.07. The summed E-state index contributed by atoms with van der Waals surface area (Å²) < 4.78 is 23.0. The predicted molar refractivity (Wildman–Crippen MR) is 115 cm³/mol. The number of fused-ring (bicyclic) bond motifs is 1. The highest BCUT2D eigenvalue weighted by Gasteiger charge is 2.20. The lowest BCUT2D eigenvalue weighted by Gasteiger charge is -2.24. The molecule has 1 aliphatic heterocycles. The zero-order valence-electron chi connectivity index (χ0n) is 15.4. The molecule has 4 rings (SSSR count). The predicted octanol–water partition coefficient (Wildman–Crippen LogP) is 1.73. The number of aromatic amines is 1. The topological polar surface area (TPSA) is 118 Å². The molecule has 0 radical (unpaired) electrons. The van der Waals surface area contributed by atoms with Crippen LogP contribution in [0.4, 0.5) is 5.82 Å². The number of anilines is 1. The molecule has 28 heavy (non-hydrogen) atoms. The minimum absolute atomic E-state index is 0. The second-order valence-electron chi connectivity index (χ2n) is 6.82. The fourth-order valence-electron chi connectivity index (χ4n) is 3.02. The number of nitrogens with zero attached hydrogens (tertiary/aromatic N) is 4. The maximum Gasteiger partial charge on any atom is 0.161 e. The smallest absolute Gasteiger partial charge is 0.161 e. The minimum Gasteiger partial charge on any atom is -0.382 e. The molecule has 0 bridgehead atoms. The van der Waals surface area contributed by atoms with Crippen molar-refractivity contribution in [2.24, 2.45) is 0 Å². The quantitative estimate of drug-likeness (QED) is 0.627. The molecule has 0 unspecified atom stereocenters. The van der Waals surface area contributed by atoms with E-state index in [2.05, 4.69) is 31.8 Å². The summed E-state index contributed by atoms with van der Waals surface area (Å²) in [6.07, 6.45) is 1.53. The summed E-state index contributed by atoms with van der Waals surface area (Å²) in [5.41, 5.74) is 9.82. The number of hydrogen-bond donors (Lipinski definition) is 2. The lowest BCUT2D eigenvalue weighted by molar-refractivity contribution is 0.332. The lowest BCUT2D eigenvalue weighted by Crippen LogP contribution is -2.40. The Morgan fingerprint density at radius 3 is 2.86 bits per heavy atom. The standard InChI is InChI=1S/C19H20N6O2S.3H2/c1-13-4-5-15-16(11-13)24-19(23-15)17-18(20)21-12-14(22-17)3-2-6-25-7-9-28(26,27)10-8-25;;;/h4-5,11-12H,6-10H2,1H3,(H2,20,21)(H,23,24);3*1H. The molecule has 1 aromatic carbocycles. The van der Waals surface area contributed by atoms with Crippen LogP contribution in [0, 0.1) is 18.8 Å². The first-order chi connectivity index (χ1) is 13.4. The van der Waals surface area contributed by atoms with Gasteiger partial charge in [0.1, 0.15) is 11.4 Å². The van der Waals surface area contributed by atoms with Gasteiger partial charge >= 0.3 is 0 Å². The molecule has 1 fully saturated rings. The van der Waals surface area contributed by atoms with Gasteiger partial charge in [-0.3, -0.25) is 4.90 Å². The van der Waals surface area contributed by atoms with E-state index >= 15 is 0 Å². The van der Waals surface area contributed by atoms with Gasteiger partial charge in [-0.25, -0.2) is 23.4 Å². The van der Waals surface area contributed by atoms with Crippen molar-refractivity contribution in [3.8, 4) is 23.4 Å². The van der Waals surface area contributed by atoms with E-state index < -0.39 is 9.84 Å². The molecule has 1 saturated heterocycles. The molecule has 0 amide bonds. The monoisotopic (exact) mass is 402 g/mol. The Morgan fingerprint density at radius 2 is 2.07 bits per heavy atom. The minimum atomic E-state index is -2.88. The molecule has 2 aromatic heterocycles. The van der Waals surface area contributed by atoms with Crippen molar-refractivity contribution in [1.29, 1.82) is 0 Å². The summed E-state index contributed by atoms with van der Waals surface area (Å²) in [7, 11) is -2.88. The van der Waals surface area contributed by atoms with E-state index in [0.717, 1.165) is 16.6 Å². The lowest BCUT2D eigenvalue weighted by atomic mass is 10.2. The second kappa shape index (κ2) is 7.22. The van der Waals surface area contributed by atoms with Crippen molar-refractivity contribution >= 4 is 26.7 Å². The number of sulfone groups is 1. The molecule has 0 atom stereocenters. The van der Waals surface area contributed by atoms with Gasteiger partial charge in [-0.15, -0.1) is 0 Å². The highest BCUT2D eigenvalue weighted by atomic mass is 32.2. The summed E-state index contributed by atoms with van der Waals surface area (Å²) in [6, 6.07) is 5.95. The molecule has 3 N–H and O–H groups in total. The first-order valence-corrected chi connectivity index (χ1v) is 10.7. The van der Waals surface area contributed by atoms with Crippen LogP contribution in [0.2, 0.25) is 0 Å². The van der Waals surface area contributed by atoms with Crippen molar-refractivity contribution in [2.45, 2.75) is 6.92 Å². The maximum atomic E-state index is 11.5. The van der Waals surface area contributed by atoms with Crippen LogP contribution in [0.25, 0.3) is 22.6 Å². The fourth-order valence-corrected chi connectivity index (χ4v) is 4.30. The molecule has 0 spiro atoms. The number of hydrogen-bond acceptors (Lipinski definition) is 7. The average molecular weight is 403 g/mol. The van der Waals surface area contributed by atoms with Crippen LogP contribution in [0.3, 0.4) is 0 Å². The number of imidazole rings is 1. The first kappa shape index (κ1) is 18.4. The van der Waals surface area contributed by atoms with Gasteiger partial charge in [0, 0.05) is 17.4 Å². The number of H-pyrrole nitrogens is 1. The number of rotatable bonds is 2. The van der Waals surface area contributed by atoms with Crippen LogP contribution in [-0.2, 0) is 9.84 Å². The van der Waals surface area contributed by atoms with Crippen LogP contribution >= 0.6 is 0 Å². The first-order valence-electron chi connectivity index (χ1n) is 8.90. The Hall–Kier alpha value is -2.96. The van der Waals surface area contributed by atoms with E-state index in [0.29, 0.717) is 36.8 Å². The van der Waals surface area contributed by atoms with Gasteiger partial charge in [-0.2, -0.15) is 0 Å². The number of aromatic nitrogens is 4. The van der Waals surface area contributed by atoms with E-state index in [1.165, 1.54) is 6.20 Å². The summed E-state index contributed by atoms with van der Waals surface area (Å²) in [4.78, 5) is 18.5. The zero-order valence-corrected chi connectivity index (χ0v) is 16.3. The van der Waals surface area contributed by atoms with Crippen molar-refractivity contribution in [2.75, 3.05) is 36.9 Å². The number of nitrogen functional groups attached to an aromatic ring is 1. The molecule has 3 aromatic rings. The van der Waals surface area contributed by atoms with Gasteiger partial charge in [-0.05, 0) is 30.5 Å². The van der Waals surface area contributed by atoms with Gasteiger partial charge < -0.3 is 10.7 Å². The molecule has 3 heterocycles. The molecule has 0 saturated carbocycles. The van der Waals surface area contributed by atoms with Crippen LogP contribution in [-0.4, -0.2) is 64.4 Å². The normalized spacial score (nSPS) is 16.6. The third kappa shape index (κ3) is 3.98. The van der Waals surface area contributed by atoms with Crippen molar-refractivity contribution in [3.63, 3.8) is 0 Å². The molecular formula is C19H26N6O2S. The van der Waals surface area contributed by atoms with Gasteiger partial charge in [0.05, 0.1) is 35.3 Å².